The Balaban J connectivity index is 2.16. The van der Waals surface area contributed by atoms with Crippen molar-refractivity contribution in [3.05, 3.63) is 65.2 Å². The molecular weight excluding hydrogens is 501 g/mol. The number of likely N-dealkylation sites (tertiary alicyclic amines) is 1. The van der Waals surface area contributed by atoms with Crippen molar-refractivity contribution in [2.45, 2.75) is 64.6 Å². The van der Waals surface area contributed by atoms with E-state index in [1.54, 1.807) is 19.1 Å². The van der Waals surface area contributed by atoms with Gasteiger partial charge in [0, 0.05) is 31.2 Å². The summed E-state index contributed by atoms with van der Waals surface area (Å²) in [5, 5.41) is 13.7. The summed E-state index contributed by atoms with van der Waals surface area (Å²) in [6.45, 7) is 7.19. The molecule has 2 aromatic carbocycles. The third kappa shape index (κ3) is 5.96. The summed E-state index contributed by atoms with van der Waals surface area (Å²) in [5.41, 5.74) is -0.446. The van der Waals surface area contributed by atoms with Crippen molar-refractivity contribution in [1.29, 1.82) is 0 Å². The molecule has 0 bridgehead atoms. The lowest BCUT2D eigenvalue weighted by Crippen LogP contribution is -2.50. The quantitative estimate of drug-likeness (QED) is 0.499. The fourth-order valence-electron chi connectivity index (χ4n) is 5.36. The highest BCUT2D eigenvalue weighted by Crippen LogP contribution is 2.48. The van der Waals surface area contributed by atoms with E-state index in [1.165, 1.54) is 25.2 Å². The van der Waals surface area contributed by atoms with Crippen LogP contribution in [0.3, 0.4) is 0 Å². The van der Waals surface area contributed by atoms with Crippen LogP contribution in [0.5, 0.6) is 5.75 Å². The minimum absolute atomic E-state index is 0.0398. The molecule has 1 aliphatic rings. The zero-order valence-electron chi connectivity index (χ0n) is 22.4. The lowest BCUT2D eigenvalue weighted by Gasteiger charge is -2.35. The number of carbonyl (C=O) groups is 2. The van der Waals surface area contributed by atoms with Crippen molar-refractivity contribution < 1.29 is 37.3 Å². The Morgan fingerprint density at radius 2 is 1.71 bits per heavy atom. The van der Waals surface area contributed by atoms with Crippen molar-refractivity contribution >= 4 is 11.9 Å². The number of aliphatic carboxylic acids is 1. The van der Waals surface area contributed by atoms with E-state index in [0.29, 0.717) is 5.56 Å². The SMILES string of the molecule is COc1ccc(C(F)(F)F)cc1CN[C@H]1[C@H](C(C)(C)C)[C@@H](C(=O)O)N(C(=O)[C@@H](C)OC)[C@H]1c1ccccc1. The van der Waals surface area contributed by atoms with Crippen LogP contribution in [0.2, 0.25) is 0 Å². The first-order chi connectivity index (χ1) is 17.7. The maximum atomic E-state index is 13.6. The predicted octanol–water partition coefficient (Wildman–Crippen LogP) is 4.91. The number of halogens is 3. The van der Waals surface area contributed by atoms with Crippen LogP contribution in [0.15, 0.2) is 48.5 Å². The number of ether oxygens (including phenoxy) is 2. The minimum Gasteiger partial charge on any atom is -0.496 e. The summed E-state index contributed by atoms with van der Waals surface area (Å²) in [7, 11) is 2.75. The fraction of sp³-hybridized carbons (Fsp3) is 0.500. The number of nitrogens with zero attached hydrogens (tertiary/aromatic N) is 1. The monoisotopic (exact) mass is 536 g/mol. The lowest BCUT2D eigenvalue weighted by atomic mass is 9.72. The molecule has 0 spiro atoms. The van der Waals surface area contributed by atoms with Gasteiger partial charge in [-0.2, -0.15) is 13.2 Å². The molecule has 208 valence electrons. The van der Waals surface area contributed by atoms with Gasteiger partial charge in [0.25, 0.3) is 5.91 Å². The fourth-order valence-corrected chi connectivity index (χ4v) is 5.36. The molecule has 10 heteroatoms. The van der Waals surface area contributed by atoms with Gasteiger partial charge < -0.3 is 24.8 Å². The van der Waals surface area contributed by atoms with Gasteiger partial charge in [0.2, 0.25) is 0 Å². The minimum atomic E-state index is -4.54. The maximum Gasteiger partial charge on any atom is 0.416 e. The van der Waals surface area contributed by atoms with Crippen LogP contribution in [-0.4, -0.2) is 54.3 Å². The van der Waals surface area contributed by atoms with Crippen LogP contribution < -0.4 is 10.1 Å². The van der Waals surface area contributed by atoms with E-state index in [1.807, 2.05) is 39.0 Å². The molecule has 1 saturated heterocycles. The Kier molecular flexibility index (Phi) is 8.78. The third-order valence-electron chi connectivity index (χ3n) is 7.15. The summed E-state index contributed by atoms with van der Waals surface area (Å²) < 4.78 is 50.9. The molecule has 5 atom stereocenters. The molecule has 1 heterocycles. The zero-order valence-corrected chi connectivity index (χ0v) is 22.4. The van der Waals surface area contributed by atoms with E-state index in [-0.39, 0.29) is 17.9 Å². The van der Waals surface area contributed by atoms with Crippen molar-refractivity contribution in [2.24, 2.45) is 11.3 Å². The Hall–Kier alpha value is -3.11. The summed E-state index contributed by atoms with van der Waals surface area (Å²) in [6, 6.07) is 9.73. The predicted molar refractivity (Wildman–Crippen MR) is 135 cm³/mol. The van der Waals surface area contributed by atoms with Gasteiger partial charge in [-0.1, -0.05) is 51.1 Å². The lowest BCUT2D eigenvalue weighted by molar-refractivity contribution is -0.156. The van der Waals surface area contributed by atoms with Gasteiger partial charge in [-0.15, -0.1) is 0 Å². The molecule has 3 rings (SSSR count). The van der Waals surface area contributed by atoms with Crippen LogP contribution in [0.1, 0.15) is 50.4 Å². The zero-order chi connectivity index (χ0) is 28.4. The van der Waals surface area contributed by atoms with Crippen LogP contribution in [-0.2, 0) is 27.0 Å². The number of hydrogen-bond donors (Lipinski definition) is 2. The van der Waals surface area contributed by atoms with Gasteiger partial charge >= 0.3 is 12.1 Å². The molecule has 0 unspecified atom stereocenters. The van der Waals surface area contributed by atoms with E-state index < -0.39 is 59.2 Å². The highest BCUT2D eigenvalue weighted by atomic mass is 19.4. The second-order valence-electron chi connectivity index (χ2n) is 10.6. The molecule has 0 radical (unpaired) electrons. The average Bonchev–Trinajstić information content (AvgIpc) is 3.22. The second-order valence-corrected chi connectivity index (χ2v) is 10.6. The molecule has 1 amide bonds. The van der Waals surface area contributed by atoms with Gasteiger partial charge in [0.05, 0.1) is 18.7 Å². The molecule has 2 aromatic rings. The van der Waals surface area contributed by atoms with Crippen molar-refractivity contribution in [3.63, 3.8) is 0 Å². The van der Waals surface area contributed by atoms with E-state index in [2.05, 4.69) is 5.32 Å². The summed E-state index contributed by atoms with van der Waals surface area (Å²) in [5.74, 6) is -1.98. The number of nitrogens with one attached hydrogen (secondary N) is 1. The Morgan fingerprint density at radius 1 is 1.08 bits per heavy atom. The van der Waals surface area contributed by atoms with Crippen LogP contribution in [0, 0.1) is 11.3 Å². The number of carboxylic acids is 1. The van der Waals surface area contributed by atoms with Crippen molar-refractivity contribution in [1.82, 2.24) is 10.2 Å². The number of rotatable bonds is 8. The number of benzene rings is 2. The molecule has 0 aromatic heterocycles. The number of carbonyl (C=O) groups excluding carboxylic acids is 1. The Labute approximate surface area is 220 Å². The molecule has 38 heavy (non-hydrogen) atoms. The second kappa shape index (κ2) is 11.3. The molecule has 7 nitrogen and oxygen atoms in total. The van der Waals surface area contributed by atoms with Gasteiger partial charge in [-0.05, 0) is 36.1 Å². The van der Waals surface area contributed by atoms with E-state index in [4.69, 9.17) is 9.47 Å². The van der Waals surface area contributed by atoms with Crippen molar-refractivity contribution in [2.75, 3.05) is 14.2 Å². The summed E-state index contributed by atoms with van der Waals surface area (Å²) >= 11 is 0. The van der Waals surface area contributed by atoms with Crippen LogP contribution in [0.25, 0.3) is 0 Å². The molecular formula is C28H35F3N2O5. The molecule has 0 saturated carbocycles. The van der Waals surface area contributed by atoms with E-state index >= 15 is 0 Å². The normalized spacial score (nSPS) is 22.8. The average molecular weight is 537 g/mol. The first-order valence-electron chi connectivity index (χ1n) is 12.3. The number of amides is 1. The number of hydrogen-bond acceptors (Lipinski definition) is 5. The molecule has 0 aliphatic carbocycles. The summed E-state index contributed by atoms with van der Waals surface area (Å²) in [6.07, 6.45) is -5.44. The Morgan fingerprint density at radius 3 is 2.21 bits per heavy atom. The first-order valence-corrected chi connectivity index (χ1v) is 12.3. The maximum absolute atomic E-state index is 13.6. The van der Waals surface area contributed by atoms with Crippen LogP contribution in [0.4, 0.5) is 13.2 Å². The van der Waals surface area contributed by atoms with Crippen LogP contribution >= 0.6 is 0 Å². The first kappa shape index (κ1) is 29.4. The number of methoxy groups -OCH3 is 2. The van der Waals surface area contributed by atoms with E-state index in [0.717, 1.165) is 12.1 Å². The largest absolute Gasteiger partial charge is 0.496 e. The Bertz CT molecular complexity index is 1130. The molecule has 1 fully saturated rings. The van der Waals surface area contributed by atoms with Gasteiger partial charge in [0.15, 0.2) is 0 Å². The number of alkyl halides is 3. The third-order valence-corrected chi connectivity index (χ3v) is 7.15. The van der Waals surface area contributed by atoms with Crippen molar-refractivity contribution in [3.8, 4) is 5.75 Å². The molecule has 2 N–H and O–H groups in total. The summed E-state index contributed by atoms with van der Waals surface area (Å²) in [4.78, 5) is 27.7. The van der Waals surface area contributed by atoms with E-state index in [9.17, 15) is 27.9 Å². The molecule has 1 aliphatic heterocycles. The highest BCUT2D eigenvalue weighted by Gasteiger charge is 2.58. The highest BCUT2D eigenvalue weighted by molar-refractivity contribution is 5.88. The number of carboxylic acid groups (broad SMARTS) is 1. The smallest absolute Gasteiger partial charge is 0.416 e. The van der Waals surface area contributed by atoms with Gasteiger partial charge in [0.1, 0.15) is 17.9 Å². The van der Waals surface area contributed by atoms with Gasteiger partial charge in [-0.25, -0.2) is 4.79 Å². The topological polar surface area (TPSA) is 88.1 Å². The van der Waals surface area contributed by atoms with Gasteiger partial charge in [-0.3, -0.25) is 4.79 Å². The standard InChI is InChI=1S/C28H35F3N2O5/c1-16(37-5)25(34)33-23(17-10-8-7-9-11-17)22(21(27(2,3)4)24(33)26(35)36)32-15-18-14-19(28(29,30)31)12-13-20(18)38-6/h7-14,16,21-24,32H,15H2,1-6H3,(H,35,36)/t16-,21+,22+,23+,24+/m1/s1.